The molecule has 39 heavy (non-hydrogen) atoms. The van der Waals surface area contributed by atoms with Gasteiger partial charge in [0, 0.05) is 38.1 Å². The van der Waals surface area contributed by atoms with Crippen molar-refractivity contribution in [2.45, 2.75) is 37.3 Å². The first-order valence-corrected chi connectivity index (χ1v) is 11.4. The van der Waals surface area contributed by atoms with Crippen molar-refractivity contribution in [1.29, 1.82) is 0 Å². The number of halogens is 6. The molecule has 4 heterocycles. The summed E-state index contributed by atoms with van der Waals surface area (Å²) in [5.41, 5.74) is 1.21. The molecule has 2 atom stereocenters. The molecule has 16 heteroatoms. The van der Waals surface area contributed by atoms with Crippen LogP contribution in [0.1, 0.15) is 22.5 Å². The molecule has 2 aromatic rings. The molecule has 4 rings (SSSR count). The average molecular weight is 569 g/mol. The van der Waals surface area contributed by atoms with E-state index in [2.05, 4.69) is 9.88 Å². The van der Waals surface area contributed by atoms with E-state index in [1.807, 2.05) is 29.4 Å². The van der Waals surface area contributed by atoms with Crippen LogP contribution in [0.3, 0.4) is 0 Å². The Labute approximate surface area is 217 Å². The van der Waals surface area contributed by atoms with Crippen molar-refractivity contribution >= 4 is 17.8 Å². The van der Waals surface area contributed by atoms with Gasteiger partial charge in [0.15, 0.2) is 5.76 Å². The van der Waals surface area contributed by atoms with E-state index < -0.39 is 24.3 Å². The van der Waals surface area contributed by atoms with Gasteiger partial charge in [0.1, 0.15) is 0 Å². The SMILES string of the molecule is O=C(O)C(F)(F)F.O=C(O)C(F)(F)F.O=C(c1ccco1)N1CC[C@@H](N2CCOCC2)[C@@H]1Cc1ccncc1. The molecule has 0 bridgehead atoms. The van der Waals surface area contributed by atoms with E-state index in [4.69, 9.17) is 29.0 Å². The van der Waals surface area contributed by atoms with Gasteiger partial charge in [0.2, 0.25) is 0 Å². The highest BCUT2D eigenvalue weighted by atomic mass is 19.4. The van der Waals surface area contributed by atoms with Crippen LogP contribution in [0.4, 0.5) is 26.3 Å². The zero-order valence-electron chi connectivity index (χ0n) is 20.2. The predicted molar refractivity (Wildman–Crippen MR) is 120 cm³/mol. The molecular formula is C23H25F6N3O7. The topological polar surface area (TPSA) is 133 Å². The Morgan fingerprint density at radius 1 is 0.923 bits per heavy atom. The van der Waals surface area contributed by atoms with Crippen LogP contribution < -0.4 is 0 Å². The lowest BCUT2D eigenvalue weighted by Gasteiger charge is -2.37. The lowest BCUT2D eigenvalue weighted by molar-refractivity contribution is -0.193. The Morgan fingerprint density at radius 3 is 1.92 bits per heavy atom. The van der Waals surface area contributed by atoms with Gasteiger partial charge in [0.05, 0.1) is 25.5 Å². The number of carbonyl (C=O) groups excluding carboxylic acids is 1. The third kappa shape index (κ3) is 9.86. The first kappa shape index (κ1) is 31.6. The van der Waals surface area contributed by atoms with E-state index >= 15 is 0 Å². The number of ether oxygens (including phenoxy) is 1. The molecule has 0 aliphatic carbocycles. The van der Waals surface area contributed by atoms with Crippen molar-refractivity contribution in [3.8, 4) is 0 Å². The maximum atomic E-state index is 12.9. The number of aromatic nitrogens is 1. The molecule has 0 radical (unpaired) electrons. The van der Waals surface area contributed by atoms with Crippen LogP contribution in [0.5, 0.6) is 0 Å². The van der Waals surface area contributed by atoms with Gasteiger partial charge < -0.3 is 24.3 Å². The van der Waals surface area contributed by atoms with E-state index in [1.54, 1.807) is 18.4 Å². The van der Waals surface area contributed by atoms with E-state index in [9.17, 15) is 31.1 Å². The number of hydrogen-bond donors (Lipinski definition) is 2. The molecule has 2 aromatic heterocycles. The fourth-order valence-electron chi connectivity index (χ4n) is 3.97. The Morgan fingerprint density at radius 2 is 1.46 bits per heavy atom. The summed E-state index contributed by atoms with van der Waals surface area (Å²) in [6.45, 7) is 4.16. The summed E-state index contributed by atoms with van der Waals surface area (Å²) in [7, 11) is 0. The maximum absolute atomic E-state index is 12.9. The zero-order valence-corrected chi connectivity index (χ0v) is 20.2. The maximum Gasteiger partial charge on any atom is 0.490 e. The Bertz CT molecular complexity index is 1030. The highest BCUT2D eigenvalue weighted by Gasteiger charge is 2.41. The number of hydrogen-bond acceptors (Lipinski definition) is 7. The standard InChI is InChI=1S/C19H23N3O3.2C2HF3O2/c23-19(18-2-1-11-25-18)22-8-5-16(21-9-12-24-13-10-21)17(22)14-15-3-6-20-7-4-15;2*3-2(4,5)1(6)7/h1-4,6-7,11,16-17H,5,8-10,12-14H2;2*(H,6,7)/t16-,17+;;/m1../s1. The number of morpholine rings is 1. The van der Waals surface area contributed by atoms with Gasteiger partial charge in [-0.15, -0.1) is 0 Å². The summed E-state index contributed by atoms with van der Waals surface area (Å²) in [6, 6.07) is 8.07. The van der Waals surface area contributed by atoms with Crippen LogP contribution in [0.2, 0.25) is 0 Å². The molecular weight excluding hydrogens is 544 g/mol. The van der Waals surface area contributed by atoms with Crippen molar-refractivity contribution in [2.75, 3.05) is 32.8 Å². The number of furan rings is 1. The molecule has 10 nitrogen and oxygen atoms in total. The lowest BCUT2D eigenvalue weighted by atomic mass is 9.99. The number of rotatable bonds is 4. The van der Waals surface area contributed by atoms with Crippen molar-refractivity contribution in [1.82, 2.24) is 14.8 Å². The fourth-order valence-corrected chi connectivity index (χ4v) is 3.97. The third-order valence-corrected chi connectivity index (χ3v) is 5.70. The number of aliphatic carboxylic acids is 2. The highest BCUT2D eigenvalue weighted by molar-refractivity contribution is 5.92. The van der Waals surface area contributed by atoms with Crippen molar-refractivity contribution in [3.63, 3.8) is 0 Å². The monoisotopic (exact) mass is 569 g/mol. The van der Waals surface area contributed by atoms with Crippen LogP contribution in [-0.4, -0.2) is 100 Å². The molecule has 1 amide bonds. The van der Waals surface area contributed by atoms with Gasteiger partial charge in [-0.05, 0) is 42.7 Å². The summed E-state index contributed by atoms with van der Waals surface area (Å²) in [4.78, 5) is 39.3. The molecule has 2 N–H and O–H groups in total. The minimum absolute atomic E-state index is 0.0141. The lowest BCUT2D eigenvalue weighted by Crippen LogP contribution is -2.51. The second-order valence-electron chi connectivity index (χ2n) is 8.21. The molecule has 2 aliphatic heterocycles. The largest absolute Gasteiger partial charge is 0.490 e. The second-order valence-corrected chi connectivity index (χ2v) is 8.21. The molecule has 0 unspecified atom stereocenters. The second kappa shape index (κ2) is 13.9. The summed E-state index contributed by atoms with van der Waals surface area (Å²) >= 11 is 0. The van der Waals surface area contributed by atoms with Crippen LogP contribution in [0.25, 0.3) is 0 Å². The summed E-state index contributed by atoms with van der Waals surface area (Å²) in [6.07, 6.45) is -3.17. The quantitative estimate of drug-likeness (QED) is 0.533. The Hall–Kier alpha value is -3.66. The minimum Gasteiger partial charge on any atom is -0.475 e. The van der Waals surface area contributed by atoms with Crippen LogP contribution in [0.15, 0.2) is 47.3 Å². The summed E-state index contributed by atoms with van der Waals surface area (Å²) in [5, 5.41) is 14.2. The number of amides is 1. The number of alkyl halides is 6. The average Bonchev–Trinajstić information content (AvgIpc) is 3.55. The molecule has 0 saturated carbocycles. The third-order valence-electron chi connectivity index (χ3n) is 5.70. The normalized spacial score (nSPS) is 19.8. The highest BCUT2D eigenvalue weighted by Crippen LogP contribution is 2.28. The number of nitrogens with zero attached hydrogens (tertiary/aromatic N) is 3. The van der Waals surface area contributed by atoms with Crippen molar-refractivity contribution < 1.29 is 60.1 Å². The molecule has 0 aromatic carbocycles. The van der Waals surface area contributed by atoms with E-state index in [1.165, 1.54) is 5.56 Å². The minimum atomic E-state index is -5.08. The van der Waals surface area contributed by atoms with Gasteiger partial charge in [-0.1, -0.05) is 0 Å². The van der Waals surface area contributed by atoms with E-state index in [0.29, 0.717) is 11.8 Å². The van der Waals surface area contributed by atoms with Crippen LogP contribution in [0, 0.1) is 0 Å². The van der Waals surface area contributed by atoms with E-state index in [0.717, 1.165) is 45.7 Å². The fraction of sp³-hybridized carbons (Fsp3) is 0.478. The number of likely N-dealkylation sites (tertiary alicyclic amines) is 1. The smallest absolute Gasteiger partial charge is 0.475 e. The predicted octanol–water partition coefficient (Wildman–Crippen LogP) is 3.10. The van der Waals surface area contributed by atoms with Gasteiger partial charge in [-0.3, -0.25) is 14.7 Å². The Balaban J connectivity index is 0.000000317. The zero-order chi connectivity index (χ0) is 29.2. The number of carboxylic acids is 2. The van der Waals surface area contributed by atoms with Crippen LogP contribution >= 0.6 is 0 Å². The Kier molecular flexibility index (Phi) is 11.3. The first-order valence-electron chi connectivity index (χ1n) is 11.4. The summed E-state index contributed by atoms with van der Waals surface area (Å²) < 4.78 is 74.3. The number of carbonyl (C=O) groups is 3. The van der Waals surface area contributed by atoms with Crippen molar-refractivity contribution in [2.24, 2.45) is 0 Å². The van der Waals surface area contributed by atoms with Gasteiger partial charge in [-0.25, -0.2) is 9.59 Å². The van der Waals surface area contributed by atoms with Crippen LogP contribution in [-0.2, 0) is 20.7 Å². The number of carboxylic acid groups (broad SMARTS) is 2. The summed E-state index contributed by atoms with van der Waals surface area (Å²) in [5.74, 6) is -5.11. The van der Waals surface area contributed by atoms with Gasteiger partial charge >= 0.3 is 24.3 Å². The molecule has 216 valence electrons. The molecule has 0 spiro atoms. The molecule has 2 saturated heterocycles. The molecule has 2 fully saturated rings. The van der Waals surface area contributed by atoms with Crippen molar-refractivity contribution in [3.05, 3.63) is 54.2 Å². The number of pyridine rings is 1. The van der Waals surface area contributed by atoms with E-state index in [-0.39, 0.29) is 11.9 Å². The first-order chi connectivity index (χ1) is 18.2. The van der Waals surface area contributed by atoms with Gasteiger partial charge in [0.25, 0.3) is 5.91 Å². The molecule has 2 aliphatic rings. The van der Waals surface area contributed by atoms with Gasteiger partial charge in [-0.2, -0.15) is 26.3 Å².